The third-order valence-corrected chi connectivity index (χ3v) is 3.08. The zero-order chi connectivity index (χ0) is 11.5. The average molecular weight is 231 g/mol. The van der Waals surface area contributed by atoms with Crippen molar-refractivity contribution in [3.05, 3.63) is 23.8 Å². The minimum atomic E-state index is -3.34. The molecule has 6 heteroatoms. The predicted octanol–water partition coefficient (Wildman–Crippen LogP) is 0.447. The summed E-state index contributed by atoms with van der Waals surface area (Å²) in [6.45, 7) is 0.131. The second kappa shape index (κ2) is 4.61. The van der Waals surface area contributed by atoms with Gasteiger partial charge in [0.25, 0.3) is 0 Å². The summed E-state index contributed by atoms with van der Waals surface area (Å²) in [6, 6.07) is 4.37. The molecular formula is C9H13NO4S. The molecule has 0 amide bonds. The van der Waals surface area contributed by atoms with E-state index in [1.54, 1.807) is 0 Å². The summed E-state index contributed by atoms with van der Waals surface area (Å²) < 4.78 is 22.8. The van der Waals surface area contributed by atoms with Crippen molar-refractivity contribution in [2.75, 3.05) is 13.4 Å². The van der Waals surface area contributed by atoms with Crippen LogP contribution in [0.5, 0.6) is 5.75 Å². The average Bonchev–Trinajstić information content (AvgIpc) is 2.14. The van der Waals surface area contributed by atoms with Crippen LogP contribution >= 0.6 is 0 Å². The van der Waals surface area contributed by atoms with Crippen LogP contribution in [-0.2, 0) is 21.2 Å². The Morgan fingerprint density at radius 1 is 1.47 bits per heavy atom. The normalized spacial score (nSPS) is 11.6. The Bertz CT molecular complexity index is 441. The molecule has 0 saturated carbocycles. The number of aromatic hydroxyl groups is 1. The first-order valence-corrected chi connectivity index (χ1v) is 6.12. The molecule has 0 aliphatic heterocycles. The van der Waals surface area contributed by atoms with Crippen molar-refractivity contribution in [3.63, 3.8) is 0 Å². The van der Waals surface area contributed by atoms with E-state index in [0.717, 1.165) is 6.26 Å². The van der Waals surface area contributed by atoms with Gasteiger partial charge in [0, 0.05) is 11.8 Å². The Hall–Kier alpha value is -1.11. The largest absolute Gasteiger partial charge is 0.508 e. The van der Waals surface area contributed by atoms with Crippen LogP contribution in [0.1, 0.15) is 5.56 Å². The highest BCUT2D eigenvalue weighted by Gasteiger charge is 2.15. The maximum absolute atomic E-state index is 11.4. The molecule has 15 heavy (non-hydrogen) atoms. The van der Waals surface area contributed by atoms with E-state index >= 15 is 0 Å². The fraction of sp³-hybridized carbons (Fsp3) is 0.333. The Labute approximate surface area is 88.6 Å². The van der Waals surface area contributed by atoms with Gasteiger partial charge in [0.05, 0.1) is 18.6 Å². The van der Waals surface area contributed by atoms with Crippen LogP contribution in [-0.4, -0.2) is 26.9 Å². The van der Waals surface area contributed by atoms with Gasteiger partial charge in [-0.1, -0.05) is 6.07 Å². The number of phenols is 1. The van der Waals surface area contributed by atoms with Gasteiger partial charge in [-0.2, -0.15) is 5.48 Å². The molecule has 1 aromatic rings. The summed E-state index contributed by atoms with van der Waals surface area (Å²) in [5.74, 6) is -0.0672. The van der Waals surface area contributed by atoms with E-state index in [1.807, 2.05) is 0 Å². The lowest BCUT2D eigenvalue weighted by Crippen LogP contribution is -2.14. The highest BCUT2D eigenvalue weighted by molar-refractivity contribution is 7.90. The molecule has 0 fully saturated rings. The van der Waals surface area contributed by atoms with E-state index < -0.39 is 9.84 Å². The smallest absolute Gasteiger partial charge is 0.175 e. The Kier molecular flexibility index (Phi) is 3.67. The molecule has 1 aromatic carbocycles. The second-order valence-electron chi connectivity index (χ2n) is 3.05. The van der Waals surface area contributed by atoms with Crippen molar-refractivity contribution in [2.24, 2.45) is 0 Å². The van der Waals surface area contributed by atoms with Gasteiger partial charge in [0.2, 0.25) is 0 Å². The van der Waals surface area contributed by atoms with Crippen LogP contribution in [0.15, 0.2) is 23.1 Å². The number of sulfone groups is 1. The number of nitrogens with one attached hydrogen (secondary N) is 1. The molecule has 0 unspecified atom stereocenters. The number of hydrogen-bond donors (Lipinski definition) is 2. The number of phenolic OH excluding ortho intramolecular Hbond substituents is 1. The monoisotopic (exact) mass is 231 g/mol. The van der Waals surface area contributed by atoms with E-state index in [2.05, 4.69) is 10.3 Å². The van der Waals surface area contributed by atoms with Crippen molar-refractivity contribution < 1.29 is 18.4 Å². The molecule has 0 heterocycles. The molecule has 2 N–H and O–H groups in total. The summed E-state index contributed by atoms with van der Waals surface area (Å²) in [6.07, 6.45) is 1.10. The van der Waals surface area contributed by atoms with Gasteiger partial charge in [-0.05, 0) is 12.1 Å². The fourth-order valence-electron chi connectivity index (χ4n) is 1.22. The molecule has 5 nitrogen and oxygen atoms in total. The van der Waals surface area contributed by atoms with E-state index in [9.17, 15) is 13.5 Å². The first kappa shape index (κ1) is 12.0. The minimum absolute atomic E-state index is 0.0672. The lowest BCUT2D eigenvalue weighted by Gasteiger charge is -2.09. The second-order valence-corrected chi connectivity index (χ2v) is 5.04. The summed E-state index contributed by atoms with van der Waals surface area (Å²) in [4.78, 5) is 4.72. The van der Waals surface area contributed by atoms with Gasteiger partial charge >= 0.3 is 0 Å². The van der Waals surface area contributed by atoms with Crippen molar-refractivity contribution in [3.8, 4) is 5.75 Å². The van der Waals surface area contributed by atoms with Gasteiger partial charge < -0.3 is 9.94 Å². The fourth-order valence-corrected chi connectivity index (χ4v) is 2.17. The predicted molar refractivity (Wildman–Crippen MR) is 55.1 cm³/mol. The molecule has 0 bridgehead atoms. The molecule has 0 saturated heterocycles. The molecule has 0 aromatic heterocycles. The highest BCUT2D eigenvalue weighted by atomic mass is 32.2. The number of hydroxylamine groups is 1. The van der Waals surface area contributed by atoms with Gasteiger partial charge in [0.1, 0.15) is 5.75 Å². The maximum Gasteiger partial charge on any atom is 0.175 e. The van der Waals surface area contributed by atoms with E-state index in [0.29, 0.717) is 5.56 Å². The molecule has 0 spiro atoms. The number of hydrogen-bond acceptors (Lipinski definition) is 5. The molecular weight excluding hydrogens is 218 g/mol. The number of benzene rings is 1. The molecule has 0 atom stereocenters. The van der Waals surface area contributed by atoms with Crippen molar-refractivity contribution in [1.82, 2.24) is 5.48 Å². The van der Waals surface area contributed by atoms with Gasteiger partial charge in [-0.15, -0.1) is 0 Å². The molecule has 0 aliphatic rings. The quantitative estimate of drug-likeness (QED) is 0.736. The third-order valence-electron chi connectivity index (χ3n) is 1.90. The third kappa shape index (κ3) is 2.92. The molecule has 1 rings (SSSR count). The lowest BCUT2D eigenvalue weighted by atomic mass is 10.2. The van der Waals surface area contributed by atoms with Crippen LogP contribution in [0.25, 0.3) is 0 Å². The summed E-state index contributed by atoms with van der Waals surface area (Å²) >= 11 is 0. The Balaban J connectivity index is 3.21. The van der Waals surface area contributed by atoms with E-state index in [4.69, 9.17) is 0 Å². The number of rotatable bonds is 4. The Morgan fingerprint density at radius 2 is 2.13 bits per heavy atom. The van der Waals surface area contributed by atoms with E-state index in [1.165, 1.54) is 25.3 Å². The topological polar surface area (TPSA) is 75.6 Å². The molecule has 0 aliphatic carbocycles. The summed E-state index contributed by atoms with van der Waals surface area (Å²) in [7, 11) is -1.93. The maximum atomic E-state index is 11.4. The molecule has 0 radical (unpaired) electrons. The Morgan fingerprint density at radius 3 is 2.67 bits per heavy atom. The first-order chi connectivity index (χ1) is 6.96. The SMILES string of the molecule is CONCc1c(O)cccc1S(C)(=O)=O. The molecule has 84 valence electrons. The van der Waals surface area contributed by atoms with Crippen LogP contribution in [0.4, 0.5) is 0 Å². The van der Waals surface area contributed by atoms with Gasteiger partial charge in [-0.3, -0.25) is 0 Å². The van der Waals surface area contributed by atoms with Crippen LogP contribution in [0.2, 0.25) is 0 Å². The van der Waals surface area contributed by atoms with Crippen LogP contribution < -0.4 is 5.48 Å². The van der Waals surface area contributed by atoms with Crippen molar-refractivity contribution >= 4 is 9.84 Å². The van der Waals surface area contributed by atoms with Gasteiger partial charge in [-0.25, -0.2) is 8.42 Å². The standard InChI is InChI=1S/C9H13NO4S/c1-14-10-6-7-8(11)4-3-5-9(7)15(2,12)13/h3-5,10-11H,6H2,1-2H3. The van der Waals surface area contributed by atoms with Gasteiger partial charge in [0.15, 0.2) is 9.84 Å². The minimum Gasteiger partial charge on any atom is -0.508 e. The van der Waals surface area contributed by atoms with Crippen LogP contribution in [0.3, 0.4) is 0 Å². The summed E-state index contributed by atoms with van der Waals surface area (Å²) in [5, 5.41) is 9.52. The zero-order valence-electron chi connectivity index (χ0n) is 8.52. The lowest BCUT2D eigenvalue weighted by molar-refractivity contribution is 0.0855. The highest BCUT2D eigenvalue weighted by Crippen LogP contribution is 2.24. The van der Waals surface area contributed by atoms with Crippen molar-refractivity contribution in [2.45, 2.75) is 11.4 Å². The van der Waals surface area contributed by atoms with Crippen molar-refractivity contribution in [1.29, 1.82) is 0 Å². The zero-order valence-corrected chi connectivity index (χ0v) is 9.34. The first-order valence-electron chi connectivity index (χ1n) is 4.23. The summed E-state index contributed by atoms with van der Waals surface area (Å²) in [5.41, 5.74) is 2.80. The van der Waals surface area contributed by atoms with E-state index in [-0.39, 0.29) is 17.2 Å². The van der Waals surface area contributed by atoms with Crippen LogP contribution in [0, 0.1) is 0 Å².